The first kappa shape index (κ1) is 14.4. The first-order valence-electron chi connectivity index (χ1n) is 8.30. The molecular formula is C16H23N3O3. The topological polar surface area (TPSA) is 76.4 Å². The standard InChI is InChI=1S/C16H23N3O3/c20-15-7-11-3-1-4-12(11)18-19(15)14-9-22-8-13(14)17-10-16(21)5-2-6-16/h7,13-14,17,21H,1-6,8-10H2. The predicted molar refractivity (Wildman–Crippen MR) is 81.0 cm³/mol. The van der Waals surface area contributed by atoms with Crippen molar-refractivity contribution in [3.05, 3.63) is 27.7 Å². The van der Waals surface area contributed by atoms with Gasteiger partial charge < -0.3 is 15.2 Å². The molecule has 6 nitrogen and oxygen atoms in total. The van der Waals surface area contributed by atoms with E-state index in [9.17, 15) is 9.90 Å². The molecular weight excluding hydrogens is 282 g/mol. The number of hydrogen-bond acceptors (Lipinski definition) is 5. The summed E-state index contributed by atoms with van der Waals surface area (Å²) in [5, 5.41) is 18.2. The molecule has 120 valence electrons. The summed E-state index contributed by atoms with van der Waals surface area (Å²) in [5.41, 5.74) is 1.56. The molecule has 2 fully saturated rings. The molecule has 6 heteroatoms. The number of fused-ring (bicyclic) bond motifs is 1. The molecule has 22 heavy (non-hydrogen) atoms. The summed E-state index contributed by atoms with van der Waals surface area (Å²) in [5.74, 6) is 0. The molecule has 4 rings (SSSR count). The molecule has 1 aliphatic heterocycles. The SMILES string of the molecule is O=c1cc2c(nn1C1COCC1NCC1(O)CCC1)CCC2. The Morgan fingerprint density at radius 3 is 3.00 bits per heavy atom. The normalized spacial score (nSPS) is 29.3. The van der Waals surface area contributed by atoms with E-state index >= 15 is 0 Å². The first-order chi connectivity index (χ1) is 10.6. The fourth-order valence-corrected chi connectivity index (χ4v) is 3.71. The van der Waals surface area contributed by atoms with Gasteiger partial charge in [-0.15, -0.1) is 0 Å². The Bertz CT molecular complexity index is 624. The van der Waals surface area contributed by atoms with E-state index in [1.54, 1.807) is 10.7 Å². The Morgan fingerprint density at radius 2 is 2.23 bits per heavy atom. The van der Waals surface area contributed by atoms with Gasteiger partial charge in [0.25, 0.3) is 5.56 Å². The number of aliphatic hydroxyl groups is 1. The van der Waals surface area contributed by atoms with E-state index in [4.69, 9.17) is 4.74 Å². The number of nitrogens with zero attached hydrogens (tertiary/aromatic N) is 2. The molecule has 1 saturated carbocycles. The lowest BCUT2D eigenvalue weighted by atomic mass is 9.80. The molecule has 2 aliphatic carbocycles. The van der Waals surface area contributed by atoms with Crippen LogP contribution in [-0.2, 0) is 17.6 Å². The summed E-state index contributed by atoms with van der Waals surface area (Å²) in [7, 11) is 0. The van der Waals surface area contributed by atoms with Crippen molar-refractivity contribution in [2.45, 2.75) is 56.2 Å². The Balaban J connectivity index is 1.52. The minimum atomic E-state index is -0.566. The van der Waals surface area contributed by atoms with Gasteiger partial charge in [-0.2, -0.15) is 5.10 Å². The van der Waals surface area contributed by atoms with Crippen LogP contribution in [-0.4, -0.2) is 46.3 Å². The zero-order valence-corrected chi connectivity index (χ0v) is 12.8. The summed E-state index contributed by atoms with van der Waals surface area (Å²) in [6, 6.07) is 1.70. The number of rotatable bonds is 4. The molecule has 2 unspecified atom stereocenters. The molecule has 0 spiro atoms. The van der Waals surface area contributed by atoms with Crippen molar-refractivity contribution in [1.82, 2.24) is 15.1 Å². The molecule has 2 heterocycles. The second kappa shape index (κ2) is 5.44. The van der Waals surface area contributed by atoms with Crippen LogP contribution in [0.5, 0.6) is 0 Å². The number of aromatic nitrogens is 2. The van der Waals surface area contributed by atoms with E-state index in [-0.39, 0.29) is 17.6 Å². The van der Waals surface area contributed by atoms with Crippen LogP contribution in [0.4, 0.5) is 0 Å². The maximum Gasteiger partial charge on any atom is 0.267 e. The lowest BCUT2D eigenvalue weighted by Gasteiger charge is -2.38. The maximum atomic E-state index is 12.3. The molecule has 0 amide bonds. The Hall–Kier alpha value is -1.24. The summed E-state index contributed by atoms with van der Waals surface area (Å²) in [4.78, 5) is 12.3. The molecule has 1 saturated heterocycles. The molecule has 0 aromatic carbocycles. The summed E-state index contributed by atoms with van der Waals surface area (Å²) < 4.78 is 7.17. The van der Waals surface area contributed by atoms with Gasteiger partial charge in [0.2, 0.25) is 0 Å². The number of nitrogens with one attached hydrogen (secondary N) is 1. The largest absolute Gasteiger partial charge is 0.389 e. The Morgan fingerprint density at radius 1 is 1.36 bits per heavy atom. The van der Waals surface area contributed by atoms with Crippen molar-refractivity contribution < 1.29 is 9.84 Å². The van der Waals surface area contributed by atoms with E-state index < -0.39 is 5.60 Å². The van der Waals surface area contributed by atoms with Gasteiger partial charge in [0, 0.05) is 12.6 Å². The number of ether oxygens (including phenoxy) is 1. The van der Waals surface area contributed by atoms with Gasteiger partial charge in [-0.1, -0.05) is 0 Å². The fraction of sp³-hybridized carbons (Fsp3) is 0.750. The van der Waals surface area contributed by atoms with E-state index in [0.717, 1.165) is 49.8 Å². The van der Waals surface area contributed by atoms with Crippen molar-refractivity contribution in [1.29, 1.82) is 0 Å². The van der Waals surface area contributed by atoms with Crippen LogP contribution < -0.4 is 10.9 Å². The van der Waals surface area contributed by atoms with Crippen LogP contribution in [0.1, 0.15) is 43.0 Å². The quantitative estimate of drug-likeness (QED) is 0.830. The fourth-order valence-electron chi connectivity index (χ4n) is 3.71. The van der Waals surface area contributed by atoms with E-state index in [2.05, 4.69) is 10.4 Å². The van der Waals surface area contributed by atoms with Crippen molar-refractivity contribution in [3.63, 3.8) is 0 Å². The Labute approximate surface area is 129 Å². The first-order valence-corrected chi connectivity index (χ1v) is 8.30. The highest BCUT2D eigenvalue weighted by molar-refractivity contribution is 5.22. The van der Waals surface area contributed by atoms with Crippen LogP contribution in [0.3, 0.4) is 0 Å². The third kappa shape index (κ3) is 2.49. The van der Waals surface area contributed by atoms with Gasteiger partial charge in [0.15, 0.2) is 0 Å². The van der Waals surface area contributed by atoms with Crippen molar-refractivity contribution in [2.24, 2.45) is 0 Å². The van der Waals surface area contributed by atoms with E-state index in [1.807, 2.05) is 0 Å². The van der Waals surface area contributed by atoms with Gasteiger partial charge >= 0.3 is 0 Å². The monoisotopic (exact) mass is 305 g/mol. The van der Waals surface area contributed by atoms with Crippen molar-refractivity contribution in [2.75, 3.05) is 19.8 Å². The van der Waals surface area contributed by atoms with Gasteiger partial charge in [0.05, 0.1) is 36.6 Å². The minimum absolute atomic E-state index is 0.0364. The van der Waals surface area contributed by atoms with Gasteiger partial charge in [-0.05, 0) is 44.1 Å². The van der Waals surface area contributed by atoms with Crippen LogP contribution in [0.15, 0.2) is 10.9 Å². The number of hydrogen-bond donors (Lipinski definition) is 2. The van der Waals surface area contributed by atoms with E-state index in [0.29, 0.717) is 19.8 Å². The molecule has 1 aromatic rings. The van der Waals surface area contributed by atoms with Crippen LogP contribution in [0.2, 0.25) is 0 Å². The zero-order chi connectivity index (χ0) is 15.2. The lowest BCUT2D eigenvalue weighted by molar-refractivity contribution is -0.0339. The maximum absolute atomic E-state index is 12.3. The van der Waals surface area contributed by atoms with Crippen LogP contribution in [0.25, 0.3) is 0 Å². The number of aryl methyl sites for hydroxylation is 2. The van der Waals surface area contributed by atoms with Gasteiger partial charge in [-0.25, -0.2) is 4.68 Å². The molecule has 2 atom stereocenters. The van der Waals surface area contributed by atoms with Crippen molar-refractivity contribution in [3.8, 4) is 0 Å². The molecule has 2 N–H and O–H groups in total. The average Bonchev–Trinajstić information content (AvgIpc) is 3.10. The second-order valence-corrected chi connectivity index (χ2v) is 6.92. The smallest absolute Gasteiger partial charge is 0.267 e. The van der Waals surface area contributed by atoms with E-state index in [1.165, 1.54) is 0 Å². The average molecular weight is 305 g/mol. The van der Waals surface area contributed by atoms with Crippen molar-refractivity contribution >= 4 is 0 Å². The lowest BCUT2D eigenvalue weighted by Crippen LogP contribution is -2.51. The highest BCUT2D eigenvalue weighted by atomic mass is 16.5. The molecule has 0 radical (unpaired) electrons. The third-order valence-corrected chi connectivity index (χ3v) is 5.32. The molecule has 0 bridgehead atoms. The zero-order valence-electron chi connectivity index (χ0n) is 12.8. The van der Waals surface area contributed by atoms with Crippen LogP contribution in [0, 0.1) is 0 Å². The second-order valence-electron chi connectivity index (χ2n) is 6.92. The molecule has 1 aromatic heterocycles. The van der Waals surface area contributed by atoms with Gasteiger partial charge in [-0.3, -0.25) is 4.79 Å². The Kier molecular flexibility index (Phi) is 3.55. The summed E-state index contributed by atoms with van der Waals surface area (Å²) >= 11 is 0. The summed E-state index contributed by atoms with van der Waals surface area (Å²) in [6.07, 6.45) is 5.82. The highest BCUT2D eigenvalue weighted by Crippen LogP contribution is 2.31. The highest BCUT2D eigenvalue weighted by Gasteiger charge is 2.38. The van der Waals surface area contributed by atoms with Crippen LogP contribution >= 0.6 is 0 Å². The molecule has 3 aliphatic rings. The minimum Gasteiger partial charge on any atom is -0.389 e. The predicted octanol–water partition coefficient (Wildman–Crippen LogP) is 0.176. The third-order valence-electron chi connectivity index (χ3n) is 5.32. The summed E-state index contributed by atoms with van der Waals surface area (Å²) in [6.45, 7) is 1.63. The van der Waals surface area contributed by atoms with Gasteiger partial charge in [0.1, 0.15) is 0 Å².